The summed E-state index contributed by atoms with van der Waals surface area (Å²) in [5, 5.41) is 3.02. The highest BCUT2D eigenvalue weighted by Crippen LogP contribution is 2.25. The number of aryl methyl sites for hydroxylation is 2. The Morgan fingerprint density at radius 3 is 2.10 bits per heavy atom. The first-order valence-electron chi connectivity index (χ1n) is 10.5. The van der Waals surface area contributed by atoms with Gasteiger partial charge in [0.05, 0.1) is 4.90 Å². The summed E-state index contributed by atoms with van der Waals surface area (Å²) in [6.45, 7) is 5.20. The van der Waals surface area contributed by atoms with E-state index in [2.05, 4.69) is 19.2 Å². The Morgan fingerprint density at radius 1 is 0.931 bits per heavy atom. The molecule has 6 heteroatoms. The zero-order valence-electron chi connectivity index (χ0n) is 17.3. The summed E-state index contributed by atoms with van der Waals surface area (Å²) in [4.78, 5) is 13.1. The standard InChI is InChI=1S/C23H30N2O3S/c1-3-18-11-9-12-19(4-2)22(18)24-23(26)20-13-10-14-21(17-20)29(27,28)25-15-7-5-6-8-16-25/h9-14,17H,3-8,15-16H2,1-2H3,(H,24,26). The number of hydrogen-bond donors (Lipinski definition) is 1. The van der Waals surface area contributed by atoms with Gasteiger partial charge in [-0.3, -0.25) is 4.79 Å². The molecule has 0 atom stereocenters. The van der Waals surface area contributed by atoms with Gasteiger partial charge in [-0.1, -0.05) is 51.0 Å². The normalized spacial score (nSPS) is 15.7. The van der Waals surface area contributed by atoms with Crippen LogP contribution in [-0.2, 0) is 22.9 Å². The fraction of sp³-hybridized carbons (Fsp3) is 0.435. The predicted molar refractivity (Wildman–Crippen MR) is 117 cm³/mol. The van der Waals surface area contributed by atoms with Gasteiger partial charge in [0.2, 0.25) is 10.0 Å². The molecule has 2 aromatic carbocycles. The molecule has 5 nitrogen and oxygen atoms in total. The van der Waals surface area contributed by atoms with Crippen molar-refractivity contribution in [3.05, 3.63) is 59.2 Å². The largest absolute Gasteiger partial charge is 0.321 e. The van der Waals surface area contributed by atoms with Gasteiger partial charge in [0.1, 0.15) is 0 Å². The molecule has 1 N–H and O–H groups in total. The van der Waals surface area contributed by atoms with E-state index in [0.29, 0.717) is 18.7 Å². The number of carbonyl (C=O) groups is 1. The summed E-state index contributed by atoms with van der Waals surface area (Å²) < 4.78 is 27.7. The Labute approximate surface area is 174 Å². The summed E-state index contributed by atoms with van der Waals surface area (Å²) >= 11 is 0. The molecule has 0 radical (unpaired) electrons. The van der Waals surface area contributed by atoms with Crippen LogP contribution in [0.25, 0.3) is 0 Å². The summed E-state index contributed by atoms with van der Waals surface area (Å²) in [5.41, 5.74) is 3.34. The van der Waals surface area contributed by atoms with E-state index in [1.54, 1.807) is 22.5 Å². The summed E-state index contributed by atoms with van der Waals surface area (Å²) in [5.74, 6) is -0.284. The van der Waals surface area contributed by atoms with Crippen molar-refractivity contribution in [1.29, 1.82) is 0 Å². The van der Waals surface area contributed by atoms with E-state index in [1.165, 1.54) is 6.07 Å². The highest BCUT2D eigenvalue weighted by molar-refractivity contribution is 7.89. The minimum atomic E-state index is -3.59. The van der Waals surface area contributed by atoms with Gasteiger partial charge in [-0.25, -0.2) is 8.42 Å². The van der Waals surface area contributed by atoms with Gasteiger partial charge >= 0.3 is 0 Å². The molecule has 3 rings (SSSR count). The van der Waals surface area contributed by atoms with Gasteiger partial charge in [0.15, 0.2) is 0 Å². The molecule has 0 saturated carbocycles. The Morgan fingerprint density at radius 2 is 1.52 bits per heavy atom. The lowest BCUT2D eigenvalue weighted by Gasteiger charge is -2.20. The Balaban J connectivity index is 1.87. The van der Waals surface area contributed by atoms with Gasteiger partial charge < -0.3 is 5.32 Å². The van der Waals surface area contributed by atoms with Crippen molar-refractivity contribution in [2.75, 3.05) is 18.4 Å². The van der Waals surface area contributed by atoms with E-state index in [-0.39, 0.29) is 10.8 Å². The molecule has 1 saturated heterocycles. The third kappa shape index (κ3) is 4.87. The van der Waals surface area contributed by atoms with E-state index in [4.69, 9.17) is 0 Å². The number of nitrogens with one attached hydrogen (secondary N) is 1. The highest BCUT2D eigenvalue weighted by atomic mass is 32.2. The maximum Gasteiger partial charge on any atom is 0.255 e. The maximum absolute atomic E-state index is 13.1. The molecular weight excluding hydrogens is 384 g/mol. The molecule has 0 unspecified atom stereocenters. The minimum absolute atomic E-state index is 0.187. The number of benzene rings is 2. The molecule has 1 amide bonds. The van der Waals surface area contributed by atoms with Crippen molar-refractivity contribution >= 4 is 21.6 Å². The van der Waals surface area contributed by atoms with Gasteiger partial charge in [0, 0.05) is 24.3 Å². The number of rotatable bonds is 6. The van der Waals surface area contributed by atoms with E-state index in [9.17, 15) is 13.2 Å². The van der Waals surface area contributed by atoms with Crippen LogP contribution in [0.3, 0.4) is 0 Å². The van der Waals surface area contributed by atoms with E-state index >= 15 is 0 Å². The Bertz CT molecular complexity index is 940. The second-order valence-electron chi connectivity index (χ2n) is 7.46. The second kappa shape index (κ2) is 9.55. The molecule has 0 aliphatic carbocycles. The van der Waals surface area contributed by atoms with Crippen molar-refractivity contribution < 1.29 is 13.2 Å². The molecule has 1 fully saturated rings. The smallest absolute Gasteiger partial charge is 0.255 e. The number of nitrogens with zero attached hydrogens (tertiary/aromatic N) is 1. The van der Waals surface area contributed by atoms with Gasteiger partial charge in [-0.05, 0) is 55.0 Å². The molecule has 2 aromatic rings. The van der Waals surface area contributed by atoms with Gasteiger partial charge in [-0.2, -0.15) is 4.31 Å². The first-order valence-corrected chi connectivity index (χ1v) is 11.9. The van der Waals surface area contributed by atoms with E-state index in [0.717, 1.165) is 55.3 Å². The average Bonchev–Trinajstić information content (AvgIpc) is 3.04. The minimum Gasteiger partial charge on any atom is -0.321 e. The number of carbonyl (C=O) groups excluding carboxylic acids is 1. The third-order valence-corrected chi connectivity index (χ3v) is 7.43. The molecule has 0 bridgehead atoms. The average molecular weight is 415 g/mol. The third-order valence-electron chi connectivity index (χ3n) is 5.54. The molecule has 156 valence electrons. The highest BCUT2D eigenvalue weighted by Gasteiger charge is 2.26. The lowest BCUT2D eigenvalue weighted by molar-refractivity contribution is 0.102. The van der Waals surface area contributed by atoms with Gasteiger partial charge in [-0.15, -0.1) is 0 Å². The topological polar surface area (TPSA) is 66.5 Å². The summed E-state index contributed by atoms with van der Waals surface area (Å²) in [6.07, 6.45) is 5.51. The van der Waals surface area contributed by atoms with Crippen LogP contribution in [-0.4, -0.2) is 31.7 Å². The van der Waals surface area contributed by atoms with Crippen molar-refractivity contribution in [1.82, 2.24) is 4.31 Å². The first kappa shape index (κ1) is 21.5. The molecular formula is C23H30N2O3S. The van der Waals surface area contributed by atoms with Crippen LogP contribution in [0.2, 0.25) is 0 Å². The van der Waals surface area contributed by atoms with Crippen LogP contribution in [0.15, 0.2) is 47.4 Å². The maximum atomic E-state index is 13.1. The van der Waals surface area contributed by atoms with Crippen LogP contribution in [0, 0.1) is 0 Å². The van der Waals surface area contributed by atoms with Crippen LogP contribution in [0.1, 0.15) is 61.0 Å². The van der Waals surface area contributed by atoms with E-state index < -0.39 is 10.0 Å². The molecule has 29 heavy (non-hydrogen) atoms. The SMILES string of the molecule is CCc1cccc(CC)c1NC(=O)c1cccc(S(=O)(=O)N2CCCCCC2)c1. The molecule has 1 aliphatic heterocycles. The van der Waals surface area contributed by atoms with Crippen molar-refractivity contribution in [2.24, 2.45) is 0 Å². The first-order chi connectivity index (χ1) is 14.0. The van der Waals surface area contributed by atoms with Crippen LogP contribution >= 0.6 is 0 Å². The number of amides is 1. The lowest BCUT2D eigenvalue weighted by Crippen LogP contribution is -2.32. The van der Waals surface area contributed by atoms with E-state index in [1.807, 2.05) is 18.2 Å². The molecule has 0 aromatic heterocycles. The molecule has 1 heterocycles. The monoisotopic (exact) mass is 414 g/mol. The zero-order chi connectivity index (χ0) is 20.9. The fourth-order valence-corrected chi connectivity index (χ4v) is 5.38. The van der Waals surface area contributed by atoms with Crippen LogP contribution < -0.4 is 5.32 Å². The lowest BCUT2D eigenvalue weighted by atomic mass is 10.0. The number of para-hydroxylation sites is 1. The van der Waals surface area contributed by atoms with Crippen molar-refractivity contribution in [2.45, 2.75) is 57.3 Å². The second-order valence-corrected chi connectivity index (χ2v) is 9.40. The van der Waals surface area contributed by atoms with Crippen LogP contribution in [0.4, 0.5) is 5.69 Å². The quantitative estimate of drug-likeness (QED) is 0.749. The summed E-state index contributed by atoms with van der Waals surface area (Å²) in [7, 11) is -3.59. The zero-order valence-corrected chi connectivity index (χ0v) is 18.1. The van der Waals surface area contributed by atoms with Crippen LogP contribution in [0.5, 0.6) is 0 Å². The molecule has 1 aliphatic rings. The summed E-state index contributed by atoms with van der Waals surface area (Å²) in [6, 6.07) is 12.4. The Hall–Kier alpha value is -2.18. The number of anilines is 1. The molecule has 0 spiro atoms. The predicted octanol–water partition coefficient (Wildman–Crippen LogP) is 4.63. The van der Waals surface area contributed by atoms with Crippen molar-refractivity contribution in [3.63, 3.8) is 0 Å². The number of sulfonamides is 1. The number of hydrogen-bond acceptors (Lipinski definition) is 3. The Kier molecular flexibility index (Phi) is 7.09. The van der Waals surface area contributed by atoms with Crippen molar-refractivity contribution in [3.8, 4) is 0 Å². The van der Waals surface area contributed by atoms with Gasteiger partial charge in [0.25, 0.3) is 5.91 Å². The fourth-order valence-electron chi connectivity index (χ4n) is 3.82.